The van der Waals surface area contributed by atoms with Gasteiger partial charge in [-0.1, -0.05) is 43.1 Å². The van der Waals surface area contributed by atoms with E-state index in [1.165, 1.54) is 0 Å². The van der Waals surface area contributed by atoms with Gasteiger partial charge in [0.1, 0.15) is 6.04 Å². The molecule has 0 bridgehead atoms. The van der Waals surface area contributed by atoms with Gasteiger partial charge in [0.25, 0.3) is 0 Å². The largest absolute Gasteiger partial charge is 0.480 e. The number of para-hydroxylation sites is 1. The van der Waals surface area contributed by atoms with Gasteiger partial charge in [-0.05, 0) is 18.1 Å². The van der Waals surface area contributed by atoms with Crippen molar-refractivity contribution in [2.75, 3.05) is 11.9 Å². The minimum Gasteiger partial charge on any atom is -0.480 e. The Labute approximate surface area is 127 Å². The highest BCUT2D eigenvalue weighted by Gasteiger charge is 2.21. The van der Waals surface area contributed by atoms with E-state index in [4.69, 9.17) is 28.3 Å². The molecule has 1 aromatic rings. The minimum absolute atomic E-state index is 0.135. The number of amides is 1. The molecule has 1 atom stereocenters. The quantitative estimate of drug-likeness (QED) is 0.753. The number of halogens is 2. The van der Waals surface area contributed by atoms with Crippen LogP contribution in [0.4, 0.5) is 5.69 Å². The number of carbonyl (C=O) groups excluding carboxylic acids is 1. The fraction of sp³-hybridized carbons (Fsp3) is 0.385. The molecule has 1 aromatic carbocycles. The average Bonchev–Trinajstić information content (AvgIpc) is 2.33. The predicted molar refractivity (Wildman–Crippen MR) is 79.4 cm³/mol. The normalized spacial score (nSPS) is 12.2. The van der Waals surface area contributed by atoms with Gasteiger partial charge in [0, 0.05) is 0 Å². The highest BCUT2D eigenvalue weighted by molar-refractivity contribution is 6.39. The lowest BCUT2D eigenvalue weighted by atomic mass is 10.1. The Morgan fingerprint density at radius 2 is 1.80 bits per heavy atom. The van der Waals surface area contributed by atoms with Gasteiger partial charge in [-0.2, -0.15) is 0 Å². The SMILES string of the molecule is CC(C)C(NCC(=O)Nc1c(Cl)cccc1Cl)C(=O)O. The third kappa shape index (κ3) is 4.67. The van der Waals surface area contributed by atoms with Gasteiger partial charge >= 0.3 is 5.97 Å². The summed E-state index contributed by atoms with van der Waals surface area (Å²) in [4.78, 5) is 22.8. The Balaban J connectivity index is 2.62. The molecule has 1 unspecified atom stereocenters. The highest BCUT2D eigenvalue weighted by Crippen LogP contribution is 2.29. The van der Waals surface area contributed by atoms with E-state index in [0.717, 1.165) is 0 Å². The summed E-state index contributed by atoms with van der Waals surface area (Å²) >= 11 is 11.8. The van der Waals surface area contributed by atoms with E-state index >= 15 is 0 Å². The zero-order valence-electron chi connectivity index (χ0n) is 11.1. The lowest BCUT2D eigenvalue weighted by Gasteiger charge is -2.17. The van der Waals surface area contributed by atoms with Crippen LogP contribution in [0, 0.1) is 5.92 Å². The number of aliphatic carboxylic acids is 1. The number of benzene rings is 1. The zero-order chi connectivity index (χ0) is 15.3. The third-order valence-electron chi connectivity index (χ3n) is 2.64. The molecule has 0 radical (unpaired) electrons. The molecule has 0 aliphatic carbocycles. The van der Waals surface area contributed by atoms with E-state index < -0.39 is 17.9 Å². The van der Waals surface area contributed by atoms with Gasteiger partial charge in [-0.15, -0.1) is 0 Å². The molecule has 20 heavy (non-hydrogen) atoms. The molecule has 110 valence electrons. The Morgan fingerprint density at radius 1 is 1.25 bits per heavy atom. The van der Waals surface area contributed by atoms with Crippen LogP contribution < -0.4 is 10.6 Å². The number of carbonyl (C=O) groups is 2. The molecule has 5 nitrogen and oxygen atoms in total. The van der Waals surface area contributed by atoms with Crippen LogP contribution in [-0.4, -0.2) is 29.6 Å². The summed E-state index contributed by atoms with van der Waals surface area (Å²) in [5, 5.41) is 14.9. The third-order valence-corrected chi connectivity index (χ3v) is 3.27. The maximum atomic E-state index is 11.8. The van der Waals surface area contributed by atoms with Gasteiger partial charge in [-0.3, -0.25) is 14.9 Å². The Kier molecular flexibility index (Phi) is 6.26. The van der Waals surface area contributed by atoms with E-state index in [1.54, 1.807) is 32.0 Å². The van der Waals surface area contributed by atoms with Gasteiger partial charge in [0.05, 0.1) is 22.3 Å². The molecule has 0 saturated carbocycles. The van der Waals surface area contributed by atoms with E-state index in [9.17, 15) is 9.59 Å². The van der Waals surface area contributed by atoms with E-state index in [-0.39, 0.29) is 12.5 Å². The molecule has 0 spiro atoms. The van der Waals surface area contributed by atoms with Crippen molar-refractivity contribution in [3.63, 3.8) is 0 Å². The molecule has 0 saturated heterocycles. The molecule has 7 heteroatoms. The predicted octanol–water partition coefficient (Wildman–Crippen LogP) is 2.63. The molecule has 1 amide bonds. The number of carboxylic acid groups (broad SMARTS) is 1. The molecule has 0 fully saturated rings. The molecule has 0 aliphatic heterocycles. The first-order chi connectivity index (χ1) is 9.32. The van der Waals surface area contributed by atoms with Gasteiger partial charge in [-0.25, -0.2) is 0 Å². The maximum Gasteiger partial charge on any atom is 0.320 e. The number of hydrogen-bond acceptors (Lipinski definition) is 3. The Hall–Kier alpha value is -1.30. The van der Waals surface area contributed by atoms with Crippen LogP contribution in [0.25, 0.3) is 0 Å². The lowest BCUT2D eigenvalue weighted by molar-refractivity contribution is -0.140. The molecule has 0 heterocycles. The van der Waals surface area contributed by atoms with Crippen LogP contribution >= 0.6 is 23.2 Å². The summed E-state index contributed by atoms with van der Waals surface area (Å²) < 4.78 is 0. The topological polar surface area (TPSA) is 78.4 Å². The number of nitrogens with one attached hydrogen (secondary N) is 2. The summed E-state index contributed by atoms with van der Waals surface area (Å²) in [7, 11) is 0. The van der Waals surface area contributed by atoms with Crippen LogP contribution in [0.5, 0.6) is 0 Å². The average molecular weight is 319 g/mol. The van der Waals surface area contributed by atoms with Crippen molar-refractivity contribution >= 4 is 40.8 Å². The monoisotopic (exact) mass is 318 g/mol. The van der Waals surface area contributed by atoms with Crippen molar-refractivity contribution < 1.29 is 14.7 Å². The van der Waals surface area contributed by atoms with Crippen LogP contribution in [0.2, 0.25) is 10.0 Å². The highest BCUT2D eigenvalue weighted by atomic mass is 35.5. The summed E-state index contributed by atoms with van der Waals surface area (Å²) in [5.74, 6) is -1.54. The zero-order valence-corrected chi connectivity index (χ0v) is 12.6. The van der Waals surface area contributed by atoms with Gasteiger partial charge in [0.15, 0.2) is 0 Å². The molecular formula is C13H16Cl2N2O3. The molecular weight excluding hydrogens is 303 g/mol. The van der Waals surface area contributed by atoms with Crippen molar-refractivity contribution in [1.82, 2.24) is 5.32 Å². The second-order valence-electron chi connectivity index (χ2n) is 4.59. The second kappa shape index (κ2) is 7.47. The van der Waals surface area contributed by atoms with Crippen molar-refractivity contribution in [1.29, 1.82) is 0 Å². The lowest BCUT2D eigenvalue weighted by Crippen LogP contribution is -2.44. The molecule has 3 N–H and O–H groups in total. The smallest absolute Gasteiger partial charge is 0.320 e. The molecule has 0 aliphatic rings. The van der Waals surface area contributed by atoms with Crippen molar-refractivity contribution in [2.24, 2.45) is 5.92 Å². The minimum atomic E-state index is -0.997. The van der Waals surface area contributed by atoms with Crippen molar-refractivity contribution in [2.45, 2.75) is 19.9 Å². The fourth-order valence-electron chi connectivity index (χ4n) is 1.61. The van der Waals surface area contributed by atoms with E-state index in [2.05, 4.69) is 10.6 Å². The van der Waals surface area contributed by atoms with E-state index in [1.807, 2.05) is 0 Å². The van der Waals surface area contributed by atoms with Crippen LogP contribution in [0.1, 0.15) is 13.8 Å². The number of rotatable bonds is 6. The summed E-state index contributed by atoms with van der Waals surface area (Å²) in [5.41, 5.74) is 0.319. The number of carboxylic acids is 1. The standard InChI is InChI=1S/C13H16Cl2N2O3/c1-7(2)11(13(19)20)16-6-10(18)17-12-8(14)4-3-5-9(12)15/h3-5,7,11,16H,6H2,1-2H3,(H,17,18)(H,19,20). The van der Waals surface area contributed by atoms with Crippen LogP contribution in [-0.2, 0) is 9.59 Å². The van der Waals surface area contributed by atoms with Crippen molar-refractivity contribution in [3.8, 4) is 0 Å². The first-order valence-electron chi connectivity index (χ1n) is 6.03. The Morgan fingerprint density at radius 3 is 2.25 bits per heavy atom. The Bertz CT molecular complexity index is 486. The number of hydrogen-bond donors (Lipinski definition) is 3. The number of anilines is 1. The van der Waals surface area contributed by atoms with Crippen LogP contribution in [0.15, 0.2) is 18.2 Å². The second-order valence-corrected chi connectivity index (χ2v) is 5.40. The first-order valence-corrected chi connectivity index (χ1v) is 6.78. The molecule has 0 aromatic heterocycles. The van der Waals surface area contributed by atoms with E-state index in [0.29, 0.717) is 15.7 Å². The summed E-state index contributed by atoms with van der Waals surface area (Å²) in [6.45, 7) is 3.37. The maximum absolute atomic E-state index is 11.8. The first kappa shape index (κ1) is 16.8. The van der Waals surface area contributed by atoms with Crippen LogP contribution in [0.3, 0.4) is 0 Å². The summed E-state index contributed by atoms with van der Waals surface area (Å²) in [6.07, 6.45) is 0. The molecule has 1 rings (SSSR count). The van der Waals surface area contributed by atoms with Crippen molar-refractivity contribution in [3.05, 3.63) is 28.2 Å². The van der Waals surface area contributed by atoms with Gasteiger partial charge < -0.3 is 10.4 Å². The van der Waals surface area contributed by atoms with Gasteiger partial charge in [0.2, 0.25) is 5.91 Å². The fourth-order valence-corrected chi connectivity index (χ4v) is 2.10. The summed E-state index contributed by atoms with van der Waals surface area (Å²) in [6, 6.07) is 4.08.